The van der Waals surface area contributed by atoms with Gasteiger partial charge < -0.3 is 10.2 Å². The summed E-state index contributed by atoms with van der Waals surface area (Å²) in [6, 6.07) is -0.103. The highest BCUT2D eigenvalue weighted by molar-refractivity contribution is 5.14. The minimum Gasteiger partial charge on any atom is -0.443 e. The monoisotopic (exact) mass is 208 g/mol. The average Bonchev–Trinajstić information content (AvgIpc) is 2.87. The highest BCUT2D eigenvalue weighted by Gasteiger charge is 2.37. The Kier molecular flexibility index (Phi) is 2.83. The molecule has 1 aliphatic rings. The quantitative estimate of drug-likeness (QED) is 0.831. The van der Waals surface area contributed by atoms with Gasteiger partial charge in [0, 0.05) is 5.41 Å². The van der Waals surface area contributed by atoms with E-state index in [-0.39, 0.29) is 11.5 Å². The first kappa shape index (κ1) is 10.7. The molecule has 1 heterocycles. The number of oxazole rings is 1. The lowest BCUT2D eigenvalue weighted by Crippen LogP contribution is -2.19. The molecular weight excluding hydrogens is 188 g/mol. The van der Waals surface area contributed by atoms with Gasteiger partial charge in [-0.1, -0.05) is 19.8 Å². The third-order valence-corrected chi connectivity index (χ3v) is 3.67. The van der Waals surface area contributed by atoms with Crippen LogP contribution in [0.4, 0.5) is 0 Å². The molecule has 2 N–H and O–H groups in total. The van der Waals surface area contributed by atoms with Crippen molar-refractivity contribution in [2.75, 3.05) is 0 Å². The van der Waals surface area contributed by atoms with Gasteiger partial charge in [-0.05, 0) is 26.2 Å². The summed E-state index contributed by atoms with van der Waals surface area (Å²) in [5.41, 5.74) is 6.00. The Morgan fingerprint density at radius 3 is 2.67 bits per heavy atom. The molecule has 1 fully saturated rings. The number of rotatable bonds is 3. The Labute approximate surface area is 91.1 Å². The van der Waals surface area contributed by atoms with Gasteiger partial charge in [0.15, 0.2) is 0 Å². The summed E-state index contributed by atoms with van der Waals surface area (Å²) in [5, 5.41) is 0. The summed E-state index contributed by atoms with van der Waals surface area (Å²) in [5.74, 6) is 1.72. The van der Waals surface area contributed by atoms with Gasteiger partial charge in [0.1, 0.15) is 5.76 Å². The van der Waals surface area contributed by atoms with Crippen molar-refractivity contribution in [3.63, 3.8) is 0 Å². The van der Waals surface area contributed by atoms with E-state index < -0.39 is 0 Å². The molecular formula is C12H20N2O. The molecule has 0 aliphatic heterocycles. The maximum Gasteiger partial charge on any atom is 0.211 e. The predicted octanol–water partition coefficient (Wildman–Crippen LogP) is 2.92. The number of nitrogens with zero attached hydrogens (tertiary/aromatic N) is 1. The molecule has 1 unspecified atom stereocenters. The summed E-state index contributed by atoms with van der Waals surface area (Å²) in [7, 11) is 0. The fourth-order valence-corrected chi connectivity index (χ4v) is 2.57. The number of nitrogens with two attached hydrogens (primary N) is 1. The van der Waals surface area contributed by atoms with Gasteiger partial charge in [0.25, 0.3) is 0 Å². The second kappa shape index (κ2) is 3.97. The fraction of sp³-hybridized carbons (Fsp3) is 0.750. The maximum absolute atomic E-state index is 5.79. The zero-order chi connectivity index (χ0) is 10.9. The van der Waals surface area contributed by atoms with Crippen LogP contribution in [-0.4, -0.2) is 4.98 Å². The van der Waals surface area contributed by atoms with E-state index in [9.17, 15) is 0 Å². The van der Waals surface area contributed by atoms with Gasteiger partial charge in [-0.2, -0.15) is 0 Å². The molecule has 1 aromatic heterocycles. The lowest BCUT2D eigenvalue weighted by atomic mass is 9.81. The molecule has 0 amide bonds. The van der Waals surface area contributed by atoms with Crippen molar-refractivity contribution >= 4 is 0 Å². The van der Waals surface area contributed by atoms with E-state index in [1.807, 2.05) is 13.1 Å². The van der Waals surface area contributed by atoms with Crippen LogP contribution in [0.3, 0.4) is 0 Å². The molecule has 0 saturated heterocycles. The Morgan fingerprint density at radius 2 is 2.20 bits per heavy atom. The molecule has 1 saturated carbocycles. The second-order valence-electron chi connectivity index (χ2n) is 4.69. The summed E-state index contributed by atoms with van der Waals surface area (Å²) < 4.78 is 5.79. The Morgan fingerprint density at radius 1 is 1.53 bits per heavy atom. The smallest absolute Gasteiger partial charge is 0.211 e. The molecule has 3 heteroatoms. The zero-order valence-corrected chi connectivity index (χ0v) is 9.62. The Bertz CT molecular complexity index is 324. The standard InChI is InChI=1S/C12H20N2O/c1-3-12(6-4-5-7-12)10-8-14-11(15-10)9(2)13/h8-9H,3-7,13H2,1-2H3. The van der Waals surface area contributed by atoms with E-state index in [0.29, 0.717) is 5.89 Å². The van der Waals surface area contributed by atoms with Crippen LogP contribution in [-0.2, 0) is 5.41 Å². The summed E-state index contributed by atoms with van der Waals surface area (Å²) in [6.45, 7) is 4.14. The molecule has 0 radical (unpaired) electrons. The second-order valence-corrected chi connectivity index (χ2v) is 4.69. The maximum atomic E-state index is 5.79. The summed E-state index contributed by atoms with van der Waals surface area (Å²) in [4.78, 5) is 4.26. The molecule has 1 atom stereocenters. The third kappa shape index (κ3) is 1.81. The minimum absolute atomic E-state index is 0.103. The molecule has 0 spiro atoms. The van der Waals surface area contributed by atoms with E-state index in [1.54, 1.807) is 0 Å². The van der Waals surface area contributed by atoms with E-state index >= 15 is 0 Å². The van der Waals surface area contributed by atoms with Gasteiger partial charge in [-0.3, -0.25) is 0 Å². The van der Waals surface area contributed by atoms with Crippen LogP contribution < -0.4 is 5.73 Å². The van der Waals surface area contributed by atoms with Crippen molar-refractivity contribution in [3.8, 4) is 0 Å². The Hall–Kier alpha value is -0.830. The fourth-order valence-electron chi connectivity index (χ4n) is 2.57. The largest absolute Gasteiger partial charge is 0.443 e. The van der Waals surface area contributed by atoms with Crippen LogP contribution in [0.5, 0.6) is 0 Å². The summed E-state index contributed by atoms with van der Waals surface area (Å²) in [6.07, 6.45) is 8.10. The first-order valence-corrected chi connectivity index (χ1v) is 5.90. The molecule has 2 rings (SSSR count). The molecule has 0 aromatic carbocycles. The third-order valence-electron chi connectivity index (χ3n) is 3.67. The molecule has 1 aliphatic carbocycles. The molecule has 3 nitrogen and oxygen atoms in total. The van der Waals surface area contributed by atoms with Crippen LogP contribution >= 0.6 is 0 Å². The van der Waals surface area contributed by atoms with Crippen LogP contribution in [0.2, 0.25) is 0 Å². The van der Waals surface area contributed by atoms with Crippen molar-refractivity contribution in [1.82, 2.24) is 4.98 Å². The van der Waals surface area contributed by atoms with E-state index in [4.69, 9.17) is 10.2 Å². The van der Waals surface area contributed by atoms with Crippen molar-refractivity contribution in [2.45, 2.75) is 57.4 Å². The van der Waals surface area contributed by atoms with E-state index in [0.717, 1.165) is 12.2 Å². The van der Waals surface area contributed by atoms with Crippen molar-refractivity contribution in [2.24, 2.45) is 5.73 Å². The van der Waals surface area contributed by atoms with E-state index in [1.165, 1.54) is 25.7 Å². The number of hydrogen-bond donors (Lipinski definition) is 1. The van der Waals surface area contributed by atoms with Crippen LogP contribution in [0, 0.1) is 0 Å². The molecule has 15 heavy (non-hydrogen) atoms. The number of aromatic nitrogens is 1. The molecule has 0 bridgehead atoms. The normalized spacial score (nSPS) is 21.8. The topological polar surface area (TPSA) is 52.0 Å². The SMILES string of the molecule is CCC1(c2cnc(C(C)N)o2)CCCC1. The highest BCUT2D eigenvalue weighted by atomic mass is 16.4. The highest BCUT2D eigenvalue weighted by Crippen LogP contribution is 2.43. The van der Waals surface area contributed by atoms with Gasteiger partial charge in [0.2, 0.25) is 5.89 Å². The predicted molar refractivity (Wildman–Crippen MR) is 59.5 cm³/mol. The van der Waals surface area contributed by atoms with Crippen molar-refractivity contribution in [3.05, 3.63) is 17.8 Å². The average molecular weight is 208 g/mol. The Balaban J connectivity index is 2.27. The zero-order valence-electron chi connectivity index (χ0n) is 9.62. The van der Waals surface area contributed by atoms with Crippen molar-refractivity contribution in [1.29, 1.82) is 0 Å². The van der Waals surface area contributed by atoms with Gasteiger partial charge in [-0.15, -0.1) is 0 Å². The first-order chi connectivity index (χ1) is 7.18. The lowest BCUT2D eigenvalue weighted by molar-refractivity contribution is 0.311. The minimum atomic E-state index is -0.103. The van der Waals surface area contributed by atoms with E-state index in [2.05, 4.69) is 11.9 Å². The lowest BCUT2D eigenvalue weighted by Gasteiger charge is -2.23. The van der Waals surface area contributed by atoms with Gasteiger partial charge in [-0.25, -0.2) is 4.98 Å². The van der Waals surface area contributed by atoms with Crippen LogP contribution in [0.1, 0.15) is 63.6 Å². The molecule has 1 aromatic rings. The van der Waals surface area contributed by atoms with Crippen molar-refractivity contribution < 1.29 is 4.42 Å². The van der Waals surface area contributed by atoms with Crippen LogP contribution in [0.25, 0.3) is 0 Å². The summed E-state index contributed by atoms with van der Waals surface area (Å²) >= 11 is 0. The molecule has 84 valence electrons. The van der Waals surface area contributed by atoms with Gasteiger partial charge in [0.05, 0.1) is 12.2 Å². The van der Waals surface area contributed by atoms with Crippen LogP contribution in [0.15, 0.2) is 10.6 Å². The number of hydrogen-bond acceptors (Lipinski definition) is 3. The first-order valence-electron chi connectivity index (χ1n) is 5.90. The van der Waals surface area contributed by atoms with Gasteiger partial charge >= 0.3 is 0 Å².